The van der Waals surface area contributed by atoms with Gasteiger partial charge in [-0.2, -0.15) is 13.2 Å². The number of nitrogens with zero attached hydrogens (tertiary/aromatic N) is 1. The molecule has 6 heteroatoms. The van der Waals surface area contributed by atoms with Crippen LogP contribution >= 0.6 is 15.9 Å². The van der Waals surface area contributed by atoms with Gasteiger partial charge in [0.1, 0.15) is 0 Å². The molecule has 1 aromatic rings. The number of pyridine rings is 1. The second-order valence-corrected chi connectivity index (χ2v) is 2.83. The Morgan fingerprint density at radius 3 is 2.07 bits per heavy atom. The fraction of sp³-hybridized carbons (Fsp3) is 0.444. The summed E-state index contributed by atoms with van der Waals surface area (Å²) in [7, 11) is 0. The molecular weight excluding hydrogens is 273 g/mol. The second kappa shape index (κ2) is 11.5. The topological polar surface area (TPSA) is 38.9 Å². The summed E-state index contributed by atoms with van der Waals surface area (Å²) in [4.78, 5) is 4.02. The molecule has 2 nitrogen and oxygen atoms in total. The summed E-state index contributed by atoms with van der Waals surface area (Å²) in [6, 6.07) is 3.82. The molecule has 0 saturated heterocycles. The fourth-order valence-corrected chi connectivity index (χ4v) is 0.762. The van der Waals surface area contributed by atoms with Crippen LogP contribution in [0.5, 0.6) is 0 Å². The van der Waals surface area contributed by atoms with E-state index in [1.165, 1.54) is 0 Å². The summed E-state index contributed by atoms with van der Waals surface area (Å²) in [6.07, 6.45) is 1.74. The molecule has 1 heterocycles. The Morgan fingerprint density at radius 2 is 1.80 bits per heavy atom. The van der Waals surface area contributed by atoms with Crippen LogP contribution in [0, 0.1) is 0 Å². The Kier molecular flexibility index (Phi) is 12.8. The summed E-state index contributed by atoms with van der Waals surface area (Å²) in [5, 5.41) is 0. The minimum Gasteiger partial charge on any atom is -0.325 e. The molecule has 0 unspecified atom stereocenters. The largest absolute Gasteiger partial charge is 0.379 e. The number of nitrogens with two attached hydrogens (primary N) is 1. The van der Waals surface area contributed by atoms with Gasteiger partial charge in [-0.3, -0.25) is 4.98 Å². The Morgan fingerprint density at radius 1 is 1.33 bits per heavy atom. The van der Waals surface area contributed by atoms with E-state index in [9.17, 15) is 13.2 Å². The molecule has 2 N–H and O–H groups in total. The quantitative estimate of drug-likeness (QED) is 0.858. The lowest BCUT2D eigenvalue weighted by atomic mass is 10.4. The Labute approximate surface area is 95.8 Å². The van der Waals surface area contributed by atoms with E-state index in [0.717, 1.165) is 10.2 Å². The SMILES string of the molecule is CC.FC(F)F.NCc1ccc(Br)cn1. The first-order valence-corrected chi connectivity index (χ1v) is 5.08. The van der Waals surface area contributed by atoms with Crippen LogP contribution in [0.4, 0.5) is 13.2 Å². The molecule has 0 atom stereocenters. The maximum absolute atomic E-state index is 9.67. The van der Waals surface area contributed by atoms with E-state index in [2.05, 4.69) is 20.9 Å². The first-order valence-electron chi connectivity index (χ1n) is 4.29. The van der Waals surface area contributed by atoms with Crippen LogP contribution in [-0.2, 0) is 6.54 Å². The van der Waals surface area contributed by atoms with Gasteiger partial charge >= 0.3 is 6.68 Å². The highest BCUT2D eigenvalue weighted by Gasteiger charge is 1.87. The van der Waals surface area contributed by atoms with Gasteiger partial charge in [-0.1, -0.05) is 13.8 Å². The Balaban J connectivity index is 0. The molecule has 0 aliphatic heterocycles. The summed E-state index contributed by atoms with van der Waals surface area (Å²) < 4.78 is 30.0. The number of halogens is 4. The third kappa shape index (κ3) is 13.4. The van der Waals surface area contributed by atoms with E-state index in [0.29, 0.717) is 6.54 Å². The van der Waals surface area contributed by atoms with Crippen LogP contribution in [0.1, 0.15) is 19.5 Å². The normalized spacial score (nSPS) is 8.53. The van der Waals surface area contributed by atoms with Crippen LogP contribution < -0.4 is 5.73 Å². The van der Waals surface area contributed by atoms with Crippen molar-refractivity contribution in [2.75, 3.05) is 0 Å². The predicted molar refractivity (Wildman–Crippen MR) is 58.3 cm³/mol. The third-order valence-corrected chi connectivity index (χ3v) is 1.47. The van der Waals surface area contributed by atoms with Crippen molar-refractivity contribution in [3.05, 3.63) is 28.5 Å². The minimum absolute atomic E-state index is 0.507. The molecule has 0 aromatic carbocycles. The summed E-state index contributed by atoms with van der Waals surface area (Å²) >= 11 is 3.27. The van der Waals surface area contributed by atoms with Crippen molar-refractivity contribution < 1.29 is 13.2 Å². The highest BCUT2D eigenvalue weighted by atomic mass is 79.9. The molecular formula is C9H14BrF3N2. The standard InChI is InChI=1S/C6H7BrN2.C2H6.CHF3/c7-5-1-2-6(3-8)9-4-5;1-2;2-1(3)4/h1-2,4H,3,8H2;1-2H3;1H. The molecule has 1 rings (SSSR count). The van der Waals surface area contributed by atoms with Crippen LogP contribution in [0.3, 0.4) is 0 Å². The molecule has 0 spiro atoms. The van der Waals surface area contributed by atoms with Crippen LogP contribution in [0.15, 0.2) is 22.8 Å². The molecule has 0 amide bonds. The number of hydrogen-bond acceptors (Lipinski definition) is 2. The smallest absolute Gasteiger partial charge is 0.325 e. The van der Waals surface area contributed by atoms with Crippen molar-refractivity contribution in [2.24, 2.45) is 5.73 Å². The number of alkyl halides is 3. The van der Waals surface area contributed by atoms with Crippen molar-refractivity contribution in [2.45, 2.75) is 27.1 Å². The van der Waals surface area contributed by atoms with Crippen molar-refractivity contribution in [3.63, 3.8) is 0 Å². The number of rotatable bonds is 1. The first-order chi connectivity index (χ1) is 7.06. The molecule has 0 fully saturated rings. The maximum atomic E-state index is 9.67. The zero-order valence-corrected chi connectivity index (χ0v) is 10.1. The van der Waals surface area contributed by atoms with Crippen LogP contribution in [0.2, 0.25) is 0 Å². The lowest BCUT2D eigenvalue weighted by Gasteiger charge is -1.92. The predicted octanol–water partition coefficient (Wildman–Crippen LogP) is 3.51. The summed E-state index contributed by atoms with van der Waals surface area (Å²) in [6.45, 7) is 0.841. The van der Waals surface area contributed by atoms with Gasteiger partial charge < -0.3 is 5.73 Å². The highest BCUT2D eigenvalue weighted by molar-refractivity contribution is 9.10. The van der Waals surface area contributed by atoms with E-state index >= 15 is 0 Å². The highest BCUT2D eigenvalue weighted by Crippen LogP contribution is 2.06. The van der Waals surface area contributed by atoms with E-state index in [-0.39, 0.29) is 0 Å². The molecule has 1 aromatic heterocycles. The number of aromatic nitrogens is 1. The van der Waals surface area contributed by atoms with Gasteiger partial charge in [0, 0.05) is 17.2 Å². The average molecular weight is 287 g/mol. The molecule has 0 bridgehead atoms. The third-order valence-electron chi connectivity index (χ3n) is 0.998. The van der Waals surface area contributed by atoms with Crippen LogP contribution in [-0.4, -0.2) is 11.7 Å². The lowest BCUT2D eigenvalue weighted by molar-refractivity contribution is 0.00819. The van der Waals surface area contributed by atoms with E-state index in [1.807, 2.05) is 26.0 Å². The minimum atomic E-state index is -3.67. The van der Waals surface area contributed by atoms with Gasteiger partial charge in [0.2, 0.25) is 0 Å². The second-order valence-electron chi connectivity index (χ2n) is 1.92. The van der Waals surface area contributed by atoms with E-state index in [1.54, 1.807) is 6.20 Å². The summed E-state index contributed by atoms with van der Waals surface area (Å²) in [5.74, 6) is 0. The maximum Gasteiger partial charge on any atom is 0.379 e. The van der Waals surface area contributed by atoms with Gasteiger partial charge in [-0.05, 0) is 28.1 Å². The van der Waals surface area contributed by atoms with E-state index < -0.39 is 6.68 Å². The van der Waals surface area contributed by atoms with Crippen LogP contribution in [0.25, 0.3) is 0 Å². The van der Waals surface area contributed by atoms with Crippen molar-refractivity contribution >= 4 is 15.9 Å². The first kappa shape index (κ1) is 16.8. The van der Waals surface area contributed by atoms with Gasteiger partial charge in [0.05, 0.1) is 5.69 Å². The van der Waals surface area contributed by atoms with Gasteiger partial charge in [0.15, 0.2) is 0 Å². The van der Waals surface area contributed by atoms with Crippen molar-refractivity contribution in [1.82, 2.24) is 4.98 Å². The Hall–Kier alpha value is -0.620. The molecule has 0 radical (unpaired) electrons. The zero-order chi connectivity index (χ0) is 12.3. The Bertz CT molecular complexity index is 227. The van der Waals surface area contributed by atoms with Gasteiger partial charge in [0.25, 0.3) is 0 Å². The van der Waals surface area contributed by atoms with E-state index in [4.69, 9.17) is 5.73 Å². The van der Waals surface area contributed by atoms with Gasteiger partial charge in [-0.15, -0.1) is 0 Å². The lowest BCUT2D eigenvalue weighted by Crippen LogP contribution is -1.97. The number of hydrogen-bond donors (Lipinski definition) is 1. The fourth-order valence-electron chi connectivity index (χ4n) is 0.527. The molecule has 0 saturated carbocycles. The molecule has 15 heavy (non-hydrogen) atoms. The zero-order valence-electron chi connectivity index (χ0n) is 8.55. The molecule has 0 aliphatic rings. The molecule has 88 valence electrons. The monoisotopic (exact) mass is 286 g/mol. The summed E-state index contributed by atoms with van der Waals surface area (Å²) in [5.41, 5.74) is 6.24. The van der Waals surface area contributed by atoms with Gasteiger partial charge in [-0.25, -0.2) is 0 Å². The van der Waals surface area contributed by atoms with Crippen molar-refractivity contribution in [3.8, 4) is 0 Å². The average Bonchev–Trinajstić information content (AvgIpc) is 2.21. The molecule has 0 aliphatic carbocycles. The van der Waals surface area contributed by atoms with Crippen molar-refractivity contribution in [1.29, 1.82) is 0 Å².